The summed E-state index contributed by atoms with van der Waals surface area (Å²) in [7, 11) is 0. The van der Waals surface area contributed by atoms with E-state index in [0.29, 0.717) is 19.4 Å². The van der Waals surface area contributed by atoms with E-state index in [0.717, 1.165) is 12.1 Å². The van der Waals surface area contributed by atoms with Gasteiger partial charge in [0, 0.05) is 17.4 Å². The predicted octanol–water partition coefficient (Wildman–Crippen LogP) is 2.53. The van der Waals surface area contributed by atoms with Gasteiger partial charge in [0.2, 0.25) is 0 Å². The number of ketones is 1. The quantitative estimate of drug-likeness (QED) is 0.798. The van der Waals surface area contributed by atoms with Gasteiger partial charge >= 0.3 is 0 Å². The number of benzene rings is 1. The number of likely N-dealkylation sites (tertiary alicyclic amines) is 1. The summed E-state index contributed by atoms with van der Waals surface area (Å²) in [6.07, 6.45) is 0.944. The second-order valence-electron chi connectivity index (χ2n) is 4.11. The van der Waals surface area contributed by atoms with Gasteiger partial charge in [0.15, 0.2) is 5.78 Å². The van der Waals surface area contributed by atoms with Crippen LogP contribution in [0.4, 0.5) is 8.78 Å². The molecule has 0 atom stereocenters. The molecule has 1 fully saturated rings. The number of rotatable bonds is 1. The summed E-state index contributed by atoms with van der Waals surface area (Å²) in [6.45, 7) is 0.271. The average molecular weight is 318 g/mol. The summed E-state index contributed by atoms with van der Waals surface area (Å²) in [6, 6.07) is 2.06. The zero-order chi connectivity index (χ0) is 13.3. The molecule has 1 aliphatic rings. The average Bonchev–Trinajstić information content (AvgIpc) is 2.27. The van der Waals surface area contributed by atoms with Gasteiger partial charge < -0.3 is 4.90 Å². The SMILES string of the molecule is O=C1CCCN(C(=O)c2c(F)cc(Br)cc2F)C1. The molecule has 0 saturated carbocycles. The van der Waals surface area contributed by atoms with E-state index in [4.69, 9.17) is 0 Å². The maximum Gasteiger partial charge on any atom is 0.260 e. The van der Waals surface area contributed by atoms with Crippen LogP contribution in [-0.4, -0.2) is 29.7 Å². The Balaban J connectivity index is 2.31. The van der Waals surface area contributed by atoms with Gasteiger partial charge in [-0.2, -0.15) is 0 Å². The van der Waals surface area contributed by atoms with Gasteiger partial charge in [-0.25, -0.2) is 8.78 Å². The fraction of sp³-hybridized carbons (Fsp3) is 0.333. The number of hydrogen-bond donors (Lipinski definition) is 0. The Morgan fingerprint density at radius 3 is 2.44 bits per heavy atom. The largest absolute Gasteiger partial charge is 0.331 e. The molecular formula is C12H10BrF2NO2. The van der Waals surface area contributed by atoms with Crippen LogP contribution in [0.3, 0.4) is 0 Å². The first-order chi connectivity index (χ1) is 8.49. The molecule has 0 N–H and O–H groups in total. The smallest absolute Gasteiger partial charge is 0.260 e. The van der Waals surface area contributed by atoms with E-state index in [1.807, 2.05) is 0 Å². The lowest BCUT2D eigenvalue weighted by molar-refractivity contribution is -0.121. The van der Waals surface area contributed by atoms with Crippen LogP contribution in [0, 0.1) is 11.6 Å². The van der Waals surface area contributed by atoms with E-state index in [9.17, 15) is 18.4 Å². The number of Topliss-reactive ketones (excluding diaryl/α,β-unsaturated/α-hetero) is 1. The fourth-order valence-electron chi connectivity index (χ4n) is 1.92. The Morgan fingerprint density at radius 1 is 1.28 bits per heavy atom. The minimum absolute atomic E-state index is 0.0756. The van der Waals surface area contributed by atoms with Crippen molar-refractivity contribution in [2.24, 2.45) is 0 Å². The van der Waals surface area contributed by atoms with Crippen LogP contribution < -0.4 is 0 Å². The highest BCUT2D eigenvalue weighted by Crippen LogP contribution is 2.21. The molecule has 0 radical (unpaired) electrons. The van der Waals surface area contributed by atoms with Crippen molar-refractivity contribution in [3.63, 3.8) is 0 Å². The first-order valence-electron chi connectivity index (χ1n) is 5.44. The van der Waals surface area contributed by atoms with E-state index in [1.165, 1.54) is 4.90 Å². The molecule has 0 spiro atoms. The van der Waals surface area contributed by atoms with Crippen LogP contribution >= 0.6 is 15.9 Å². The summed E-state index contributed by atoms with van der Waals surface area (Å²) in [4.78, 5) is 24.4. The minimum atomic E-state index is -0.926. The third kappa shape index (κ3) is 2.58. The Hall–Kier alpha value is -1.30. The highest BCUT2D eigenvalue weighted by molar-refractivity contribution is 9.10. The predicted molar refractivity (Wildman–Crippen MR) is 64.2 cm³/mol. The van der Waals surface area contributed by atoms with Gasteiger partial charge in [-0.1, -0.05) is 15.9 Å². The zero-order valence-electron chi connectivity index (χ0n) is 9.38. The van der Waals surface area contributed by atoms with Gasteiger partial charge in [0.05, 0.1) is 6.54 Å². The minimum Gasteiger partial charge on any atom is -0.331 e. The van der Waals surface area contributed by atoms with E-state index in [1.54, 1.807) is 0 Å². The topological polar surface area (TPSA) is 37.4 Å². The van der Waals surface area contributed by atoms with Crippen molar-refractivity contribution in [2.45, 2.75) is 12.8 Å². The van der Waals surface area contributed by atoms with Crippen molar-refractivity contribution in [2.75, 3.05) is 13.1 Å². The first-order valence-corrected chi connectivity index (χ1v) is 6.24. The molecule has 2 rings (SSSR count). The highest BCUT2D eigenvalue weighted by atomic mass is 79.9. The summed E-state index contributed by atoms with van der Waals surface area (Å²) >= 11 is 2.94. The third-order valence-electron chi connectivity index (χ3n) is 2.76. The molecule has 1 aromatic rings. The molecule has 18 heavy (non-hydrogen) atoms. The molecule has 1 saturated heterocycles. The van der Waals surface area contributed by atoms with E-state index in [-0.39, 0.29) is 16.8 Å². The van der Waals surface area contributed by atoms with Gasteiger partial charge in [-0.3, -0.25) is 9.59 Å². The summed E-state index contributed by atoms with van der Waals surface area (Å²) in [5.41, 5.74) is -0.604. The Bertz CT molecular complexity index is 496. The lowest BCUT2D eigenvalue weighted by atomic mass is 10.1. The number of nitrogens with zero attached hydrogens (tertiary/aromatic N) is 1. The maximum absolute atomic E-state index is 13.6. The molecule has 0 aliphatic carbocycles. The molecule has 3 nitrogen and oxygen atoms in total. The van der Waals surface area contributed by atoms with Crippen molar-refractivity contribution in [3.8, 4) is 0 Å². The van der Waals surface area contributed by atoms with Gasteiger partial charge in [0.1, 0.15) is 17.2 Å². The maximum atomic E-state index is 13.6. The van der Waals surface area contributed by atoms with Crippen LogP contribution in [-0.2, 0) is 4.79 Å². The Morgan fingerprint density at radius 2 is 1.89 bits per heavy atom. The van der Waals surface area contributed by atoms with E-state index < -0.39 is 23.1 Å². The second kappa shape index (κ2) is 5.14. The van der Waals surface area contributed by atoms with E-state index in [2.05, 4.69) is 15.9 Å². The number of halogens is 3. The van der Waals surface area contributed by atoms with Crippen molar-refractivity contribution in [1.29, 1.82) is 0 Å². The summed E-state index contributed by atoms with van der Waals surface area (Å²) < 4.78 is 27.4. The van der Waals surface area contributed by atoms with Crippen molar-refractivity contribution < 1.29 is 18.4 Å². The van der Waals surface area contributed by atoms with Crippen molar-refractivity contribution >= 4 is 27.6 Å². The van der Waals surface area contributed by atoms with Crippen LogP contribution in [0.1, 0.15) is 23.2 Å². The van der Waals surface area contributed by atoms with Crippen LogP contribution in [0.5, 0.6) is 0 Å². The summed E-state index contributed by atoms with van der Waals surface area (Å²) in [5, 5.41) is 0. The molecule has 96 valence electrons. The molecule has 1 heterocycles. The zero-order valence-corrected chi connectivity index (χ0v) is 11.0. The Kier molecular flexibility index (Phi) is 3.75. The van der Waals surface area contributed by atoms with Crippen LogP contribution in [0.2, 0.25) is 0 Å². The van der Waals surface area contributed by atoms with Gasteiger partial charge in [0.25, 0.3) is 5.91 Å². The molecule has 0 aromatic heterocycles. The monoisotopic (exact) mass is 317 g/mol. The molecule has 1 aromatic carbocycles. The molecule has 1 amide bonds. The molecule has 1 aliphatic heterocycles. The number of carbonyl (C=O) groups excluding carboxylic acids is 2. The summed E-state index contributed by atoms with van der Waals surface area (Å²) in [5.74, 6) is -2.71. The Labute approximate surface area is 111 Å². The number of hydrogen-bond acceptors (Lipinski definition) is 2. The molecule has 0 bridgehead atoms. The van der Waals surface area contributed by atoms with Crippen molar-refractivity contribution in [1.82, 2.24) is 4.90 Å². The molecular weight excluding hydrogens is 308 g/mol. The lowest BCUT2D eigenvalue weighted by Gasteiger charge is -2.26. The lowest BCUT2D eigenvalue weighted by Crippen LogP contribution is -2.40. The second-order valence-corrected chi connectivity index (χ2v) is 5.03. The molecule has 6 heteroatoms. The van der Waals surface area contributed by atoms with Gasteiger partial charge in [-0.05, 0) is 18.6 Å². The number of amides is 1. The number of piperidine rings is 1. The first kappa shape index (κ1) is 13.1. The highest BCUT2D eigenvalue weighted by Gasteiger charge is 2.27. The normalized spacial score (nSPS) is 15.9. The van der Waals surface area contributed by atoms with Crippen LogP contribution in [0.25, 0.3) is 0 Å². The van der Waals surface area contributed by atoms with Crippen molar-refractivity contribution in [3.05, 3.63) is 33.8 Å². The van der Waals surface area contributed by atoms with Gasteiger partial charge in [-0.15, -0.1) is 0 Å². The third-order valence-corrected chi connectivity index (χ3v) is 3.22. The number of carbonyl (C=O) groups is 2. The van der Waals surface area contributed by atoms with E-state index >= 15 is 0 Å². The fourth-order valence-corrected chi connectivity index (χ4v) is 2.32. The van der Waals surface area contributed by atoms with Crippen LogP contribution in [0.15, 0.2) is 16.6 Å². The standard InChI is InChI=1S/C12H10BrF2NO2/c13-7-4-9(14)11(10(15)5-7)12(18)16-3-1-2-8(17)6-16/h4-5H,1-3,6H2. The molecule has 0 unspecified atom stereocenters.